The summed E-state index contributed by atoms with van der Waals surface area (Å²) in [6.07, 6.45) is 2.26. The number of ether oxygens (including phenoxy) is 2. The monoisotopic (exact) mass is 468 g/mol. The third kappa shape index (κ3) is 4.19. The van der Waals surface area contributed by atoms with Gasteiger partial charge in [0.2, 0.25) is 10.0 Å². The van der Waals surface area contributed by atoms with Gasteiger partial charge in [-0.15, -0.1) is 0 Å². The molecule has 0 atom stereocenters. The van der Waals surface area contributed by atoms with Crippen LogP contribution in [0.1, 0.15) is 16.8 Å². The van der Waals surface area contributed by atoms with Crippen LogP contribution < -0.4 is 9.47 Å². The van der Waals surface area contributed by atoms with E-state index in [1.807, 2.05) is 30.3 Å². The van der Waals surface area contributed by atoms with Gasteiger partial charge in [0, 0.05) is 44.2 Å². The Morgan fingerprint density at radius 1 is 0.939 bits per heavy atom. The molecule has 1 fully saturated rings. The number of amides is 1. The highest BCUT2D eigenvalue weighted by atomic mass is 32.2. The number of nitrogens with one attached hydrogen (secondary N) is 1. The molecule has 9 nitrogen and oxygen atoms in total. The first-order valence-corrected chi connectivity index (χ1v) is 12.3. The minimum atomic E-state index is -3.72. The van der Waals surface area contributed by atoms with E-state index in [1.54, 1.807) is 11.0 Å². The number of rotatable bonds is 4. The number of aromatic nitrogens is 2. The van der Waals surface area contributed by atoms with Crippen LogP contribution >= 0.6 is 0 Å². The summed E-state index contributed by atoms with van der Waals surface area (Å²) in [6, 6.07) is 14.2. The van der Waals surface area contributed by atoms with Crippen LogP contribution in [0.5, 0.6) is 11.5 Å². The van der Waals surface area contributed by atoms with Crippen LogP contribution in [0.3, 0.4) is 0 Å². The van der Waals surface area contributed by atoms with Gasteiger partial charge < -0.3 is 14.4 Å². The standard InChI is InChI=1S/C23H24N4O5S/c28-23(19-16-24-25-22(19)17-5-2-1-3-6-17)26-9-11-27(12-10-26)33(29,30)18-7-8-20-21(15-18)32-14-4-13-31-20/h1-3,5-8,15-16H,4,9-14H2,(H,24,25). The molecule has 1 aromatic heterocycles. The van der Waals surface area contributed by atoms with Gasteiger partial charge in [-0.1, -0.05) is 30.3 Å². The molecule has 2 aliphatic rings. The zero-order valence-corrected chi connectivity index (χ0v) is 18.8. The van der Waals surface area contributed by atoms with Gasteiger partial charge in [-0.2, -0.15) is 9.40 Å². The van der Waals surface area contributed by atoms with E-state index >= 15 is 0 Å². The van der Waals surface area contributed by atoms with Crippen molar-refractivity contribution in [1.82, 2.24) is 19.4 Å². The molecule has 2 aromatic carbocycles. The number of benzene rings is 2. The fraction of sp³-hybridized carbons (Fsp3) is 0.304. The fourth-order valence-corrected chi connectivity index (χ4v) is 5.47. The Labute approximate surface area is 192 Å². The topological polar surface area (TPSA) is 105 Å². The van der Waals surface area contributed by atoms with E-state index < -0.39 is 10.0 Å². The van der Waals surface area contributed by atoms with Gasteiger partial charge >= 0.3 is 0 Å². The number of carbonyl (C=O) groups excluding carboxylic acids is 1. The average molecular weight is 469 g/mol. The molecule has 0 aliphatic carbocycles. The molecule has 1 saturated heterocycles. The largest absolute Gasteiger partial charge is 0.490 e. The van der Waals surface area contributed by atoms with Crippen molar-refractivity contribution in [1.29, 1.82) is 0 Å². The van der Waals surface area contributed by atoms with Gasteiger partial charge in [0.1, 0.15) is 0 Å². The van der Waals surface area contributed by atoms with E-state index in [0.29, 0.717) is 49.1 Å². The van der Waals surface area contributed by atoms with Gasteiger partial charge in [0.25, 0.3) is 5.91 Å². The summed E-state index contributed by atoms with van der Waals surface area (Å²) in [4.78, 5) is 15.0. The molecule has 0 saturated carbocycles. The maximum Gasteiger partial charge on any atom is 0.257 e. The number of piperazine rings is 1. The van der Waals surface area contributed by atoms with E-state index in [0.717, 1.165) is 12.0 Å². The number of carbonyl (C=O) groups is 1. The lowest BCUT2D eigenvalue weighted by molar-refractivity contribution is 0.0698. The van der Waals surface area contributed by atoms with Crippen molar-refractivity contribution in [3.63, 3.8) is 0 Å². The molecule has 1 amide bonds. The lowest BCUT2D eigenvalue weighted by Gasteiger charge is -2.34. The lowest BCUT2D eigenvalue weighted by atomic mass is 10.1. The zero-order chi connectivity index (χ0) is 22.8. The van der Waals surface area contributed by atoms with Crippen molar-refractivity contribution in [3.05, 3.63) is 60.3 Å². The van der Waals surface area contributed by atoms with Crippen LogP contribution in [0.25, 0.3) is 11.3 Å². The van der Waals surface area contributed by atoms with Gasteiger partial charge in [-0.05, 0) is 12.1 Å². The summed E-state index contributed by atoms with van der Waals surface area (Å²) < 4.78 is 39.1. The molecule has 0 spiro atoms. The summed E-state index contributed by atoms with van der Waals surface area (Å²) in [5, 5.41) is 6.95. The van der Waals surface area contributed by atoms with Crippen molar-refractivity contribution in [3.8, 4) is 22.8 Å². The summed E-state index contributed by atoms with van der Waals surface area (Å²) in [5.41, 5.74) is 2.00. The molecular weight excluding hydrogens is 444 g/mol. The van der Waals surface area contributed by atoms with Crippen LogP contribution in [0.4, 0.5) is 0 Å². The fourth-order valence-electron chi connectivity index (χ4n) is 4.03. The minimum absolute atomic E-state index is 0.160. The van der Waals surface area contributed by atoms with Crippen LogP contribution in [0.2, 0.25) is 0 Å². The van der Waals surface area contributed by atoms with Gasteiger partial charge in [-0.25, -0.2) is 8.42 Å². The van der Waals surface area contributed by atoms with Gasteiger partial charge in [-0.3, -0.25) is 9.89 Å². The van der Waals surface area contributed by atoms with Crippen molar-refractivity contribution in [2.75, 3.05) is 39.4 Å². The van der Waals surface area contributed by atoms with E-state index in [1.165, 1.54) is 22.6 Å². The number of H-pyrrole nitrogens is 1. The van der Waals surface area contributed by atoms with Crippen LogP contribution in [0, 0.1) is 0 Å². The SMILES string of the molecule is O=C(c1cn[nH]c1-c1ccccc1)N1CCN(S(=O)(=O)c2ccc3c(c2)OCCCO3)CC1. The smallest absolute Gasteiger partial charge is 0.257 e. The van der Waals surface area contributed by atoms with Crippen molar-refractivity contribution in [2.45, 2.75) is 11.3 Å². The Balaban J connectivity index is 1.29. The van der Waals surface area contributed by atoms with Crippen molar-refractivity contribution in [2.24, 2.45) is 0 Å². The summed E-state index contributed by atoms with van der Waals surface area (Å²) in [7, 11) is -3.72. The molecule has 33 heavy (non-hydrogen) atoms. The first-order chi connectivity index (χ1) is 16.0. The molecule has 0 radical (unpaired) electrons. The second kappa shape index (κ2) is 8.87. The average Bonchev–Trinajstić information content (AvgIpc) is 3.22. The predicted molar refractivity (Wildman–Crippen MR) is 121 cm³/mol. The maximum absolute atomic E-state index is 13.2. The molecule has 10 heteroatoms. The van der Waals surface area contributed by atoms with Crippen molar-refractivity contribution < 1.29 is 22.7 Å². The van der Waals surface area contributed by atoms with E-state index in [2.05, 4.69) is 10.2 Å². The first-order valence-electron chi connectivity index (χ1n) is 10.8. The molecule has 3 heterocycles. The van der Waals surface area contributed by atoms with Crippen LogP contribution in [-0.4, -0.2) is 73.1 Å². The van der Waals surface area contributed by atoms with Crippen molar-refractivity contribution >= 4 is 15.9 Å². The Kier molecular flexibility index (Phi) is 5.77. The number of nitrogens with zero attached hydrogens (tertiary/aromatic N) is 3. The quantitative estimate of drug-likeness (QED) is 0.631. The lowest BCUT2D eigenvalue weighted by Crippen LogP contribution is -2.50. The highest BCUT2D eigenvalue weighted by Gasteiger charge is 2.32. The van der Waals surface area contributed by atoms with Crippen LogP contribution in [0.15, 0.2) is 59.6 Å². The Morgan fingerprint density at radius 2 is 1.67 bits per heavy atom. The number of aromatic amines is 1. The summed E-state index contributed by atoms with van der Waals surface area (Å²) in [5.74, 6) is 0.821. The molecular formula is C23H24N4O5S. The molecule has 0 unspecified atom stereocenters. The second-order valence-corrected chi connectivity index (χ2v) is 9.82. The molecule has 1 N–H and O–H groups in total. The highest BCUT2D eigenvalue weighted by Crippen LogP contribution is 2.33. The Hall–Kier alpha value is -3.37. The predicted octanol–water partition coefficient (Wildman–Crippen LogP) is 2.38. The van der Waals surface area contributed by atoms with Gasteiger partial charge in [0.05, 0.1) is 35.6 Å². The van der Waals surface area contributed by atoms with E-state index in [4.69, 9.17) is 9.47 Å². The Bertz CT molecular complexity index is 1250. The zero-order valence-electron chi connectivity index (χ0n) is 17.9. The molecule has 172 valence electrons. The third-order valence-electron chi connectivity index (χ3n) is 5.81. The third-order valence-corrected chi connectivity index (χ3v) is 7.71. The maximum atomic E-state index is 13.2. The number of sulfonamides is 1. The van der Waals surface area contributed by atoms with Gasteiger partial charge in [0.15, 0.2) is 11.5 Å². The van der Waals surface area contributed by atoms with E-state index in [9.17, 15) is 13.2 Å². The number of hydrogen-bond acceptors (Lipinski definition) is 6. The van der Waals surface area contributed by atoms with E-state index in [-0.39, 0.29) is 23.9 Å². The number of hydrogen-bond donors (Lipinski definition) is 1. The molecule has 3 aromatic rings. The second-order valence-electron chi connectivity index (χ2n) is 7.88. The first kappa shape index (κ1) is 21.5. The molecule has 2 aliphatic heterocycles. The Morgan fingerprint density at radius 3 is 2.42 bits per heavy atom. The molecule has 5 rings (SSSR count). The summed E-state index contributed by atoms with van der Waals surface area (Å²) >= 11 is 0. The van der Waals surface area contributed by atoms with Crippen LogP contribution in [-0.2, 0) is 10.0 Å². The summed E-state index contributed by atoms with van der Waals surface area (Å²) in [6.45, 7) is 2.03. The highest BCUT2D eigenvalue weighted by molar-refractivity contribution is 7.89. The normalized spacial score (nSPS) is 16.9. The minimum Gasteiger partial charge on any atom is -0.490 e. The number of fused-ring (bicyclic) bond motifs is 1. The molecule has 0 bridgehead atoms.